The highest BCUT2D eigenvalue weighted by molar-refractivity contribution is 9.10. The lowest BCUT2D eigenvalue weighted by Gasteiger charge is -2.17. The number of ketones is 1. The highest BCUT2D eigenvalue weighted by Crippen LogP contribution is 2.27. The predicted molar refractivity (Wildman–Crippen MR) is 68.7 cm³/mol. The van der Waals surface area contributed by atoms with Gasteiger partial charge < -0.3 is 4.74 Å². The summed E-state index contributed by atoms with van der Waals surface area (Å²) < 4.78 is 30.7. The van der Waals surface area contributed by atoms with E-state index in [0.29, 0.717) is 0 Å². The molecule has 1 aromatic carbocycles. The van der Waals surface area contributed by atoms with E-state index in [0.717, 1.165) is 12.1 Å². The third-order valence-corrected chi connectivity index (χ3v) is 3.48. The van der Waals surface area contributed by atoms with Crippen LogP contribution in [0.4, 0.5) is 8.78 Å². The second-order valence-corrected chi connectivity index (χ2v) is 5.13. The minimum absolute atomic E-state index is 0.0806. The molecular formula is C13H13BrF2O3. The number of carbonyl (C=O) groups is 2. The summed E-state index contributed by atoms with van der Waals surface area (Å²) in [7, 11) is 1.17. The van der Waals surface area contributed by atoms with Gasteiger partial charge in [0.05, 0.1) is 11.6 Å². The number of benzene rings is 1. The summed E-state index contributed by atoms with van der Waals surface area (Å²) in [5.41, 5.74) is -0.0806. The topological polar surface area (TPSA) is 43.4 Å². The smallest absolute Gasteiger partial charge is 0.316 e. The summed E-state index contributed by atoms with van der Waals surface area (Å²) in [6.07, 6.45) is 0. The van der Waals surface area contributed by atoms with E-state index in [1.54, 1.807) is 13.8 Å². The molecule has 0 radical (unpaired) electrons. The van der Waals surface area contributed by atoms with Gasteiger partial charge in [-0.1, -0.05) is 13.8 Å². The molecule has 0 amide bonds. The first-order valence-corrected chi connectivity index (χ1v) is 6.36. The van der Waals surface area contributed by atoms with Gasteiger partial charge in [-0.3, -0.25) is 9.59 Å². The number of rotatable bonds is 4. The number of Topliss-reactive ketones (excluding diaryl/α,β-unsaturated/α-hetero) is 1. The highest BCUT2D eigenvalue weighted by Gasteiger charge is 2.33. The molecule has 0 saturated carbocycles. The Kier molecular flexibility index (Phi) is 5.17. The number of ether oxygens (including phenoxy) is 1. The molecule has 1 rings (SSSR count). The van der Waals surface area contributed by atoms with Crippen molar-refractivity contribution in [2.45, 2.75) is 13.8 Å². The van der Waals surface area contributed by atoms with Crippen LogP contribution in [0.25, 0.3) is 0 Å². The van der Waals surface area contributed by atoms with Gasteiger partial charge in [-0.15, -0.1) is 0 Å². The van der Waals surface area contributed by atoms with Crippen molar-refractivity contribution in [2.75, 3.05) is 7.11 Å². The zero-order valence-corrected chi connectivity index (χ0v) is 12.3. The zero-order valence-electron chi connectivity index (χ0n) is 10.7. The van der Waals surface area contributed by atoms with Crippen molar-refractivity contribution < 1.29 is 23.1 Å². The maximum atomic E-state index is 13.4. The standard InChI is InChI=1S/C13H13BrF2O3/c1-6(2)9(13(18)19-3)12(17)7-4-5-8(15)11(16)10(7)14/h4-6,9H,1-3H3. The molecule has 0 aliphatic rings. The molecule has 0 saturated heterocycles. The third-order valence-electron chi connectivity index (χ3n) is 2.70. The van der Waals surface area contributed by atoms with E-state index < -0.39 is 29.3 Å². The summed E-state index contributed by atoms with van der Waals surface area (Å²) in [6, 6.07) is 1.99. The molecule has 1 aromatic rings. The Morgan fingerprint density at radius 1 is 1.26 bits per heavy atom. The number of methoxy groups -OCH3 is 1. The van der Waals surface area contributed by atoms with Gasteiger partial charge in [-0.2, -0.15) is 0 Å². The maximum Gasteiger partial charge on any atom is 0.316 e. The van der Waals surface area contributed by atoms with Crippen LogP contribution < -0.4 is 0 Å². The fourth-order valence-corrected chi connectivity index (χ4v) is 2.21. The van der Waals surface area contributed by atoms with Crippen LogP contribution in [0, 0.1) is 23.5 Å². The molecule has 0 heterocycles. The SMILES string of the molecule is COC(=O)C(C(=O)c1ccc(F)c(F)c1Br)C(C)C. The van der Waals surface area contributed by atoms with Gasteiger partial charge in [0.2, 0.25) is 0 Å². The summed E-state index contributed by atoms with van der Waals surface area (Å²) in [5, 5.41) is 0. The lowest BCUT2D eigenvalue weighted by Crippen LogP contribution is -2.30. The van der Waals surface area contributed by atoms with Gasteiger partial charge in [-0.05, 0) is 34.0 Å². The second-order valence-electron chi connectivity index (χ2n) is 4.33. The Morgan fingerprint density at radius 2 is 1.84 bits per heavy atom. The van der Waals surface area contributed by atoms with Gasteiger partial charge in [-0.25, -0.2) is 8.78 Å². The molecular weight excluding hydrogens is 322 g/mol. The largest absolute Gasteiger partial charge is 0.468 e. The lowest BCUT2D eigenvalue weighted by atomic mass is 9.88. The van der Waals surface area contributed by atoms with Gasteiger partial charge in [0.1, 0.15) is 5.92 Å². The fourth-order valence-electron chi connectivity index (χ4n) is 1.69. The Labute approximate surface area is 118 Å². The molecule has 0 N–H and O–H groups in total. The molecule has 0 fully saturated rings. The molecule has 0 spiro atoms. The quantitative estimate of drug-likeness (QED) is 0.367. The van der Waals surface area contributed by atoms with Crippen LogP contribution in [0.15, 0.2) is 16.6 Å². The van der Waals surface area contributed by atoms with Crippen LogP contribution in [-0.4, -0.2) is 18.9 Å². The van der Waals surface area contributed by atoms with E-state index in [4.69, 9.17) is 0 Å². The molecule has 6 heteroatoms. The van der Waals surface area contributed by atoms with Crippen molar-refractivity contribution in [1.29, 1.82) is 0 Å². The first-order valence-electron chi connectivity index (χ1n) is 5.56. The average Bonchev–Trinajstić information content (AvgIpc) is 2.35. The van der Waals surface area contributed by atoms with Crippen LogP contribution in [0.3, 0.4) is 0 Å². The first-order chi connectivity index (χ1) is 8.81. The van der Waals surface area contributed by atoms with Crippen LogP contribution in [-0.2, 0) is 9.53 Å². The molecule has 0 aliphatic carbocycles. The van der Waals surface area contributed by atoms with E-state index >= 15 is 0 Å². The Hall–Kier alpha value is -1.30. The van der Waals surface area contributed by atoms with E-state index in [1.807, 2.05) is 0 Å². The third kappa shape index (κ3) is 3.18. The summed E-state index contributed by atoms with van der Waals surface area (Å²) in [4.78, 5) is 23.9. The van der Waals surface area contributed by atoms with Crippen molar-refractivity contribution in [2.24, 2.45) is 11.8 Å². The van der Waals surface area contributed by atoms with Crippen LogP contribution >= 0.6 is 15.9 Å². The molecule has 1 unspecified atom stereocenters. The molecule has 104 valence electrons. The first kappa shape index (κ1) is 15.8. The normalized spacial score (nSPS) is 12.4. The van der Waals surface area contributed by atoms with Crippen molar-refractivity contribution in [3.8, 4) is 0 Å². The van der Waals surface area contributed by atoms with Crippen LogP contribution in [0.5, 0.6) is 0 Å². The van der Waals surface area contributed by atoms with Crippen molar-refractivity contribution >= 4 is 27.7 Å². The monoisotopic (exact) mass is 334 g/mol. The molecule has 19 heavy (non-hydrogen) atoms. The fraction of sp³-hybridized carbons (Fsp3) is 0.385. The predicted octanol–water partition coefficient (Wildman–Crippen LogP) is 3.36. The maximum absolute atomic E-state index is 13.4. The number of carbonyl (C=O) groups excluding carboxylic acids is 2. The van der Waals surface area contributed by atoms with Gasteiger partial charge in [0.25, 0.3) is 0 Å². The Bertz CT molecular complexity index is 515. The van der Waals surface area contributed by atoms with Crippen LogP contribution in [0.1, 0.15) is 24.2 Å². The zero-order chi connectivity index (χ0) is 14.7. The van der Waals surface area contributed by atoms with Crippen molar-refractivity contribution in [3.05, 3.63) is 33.8 Å². The highest BCUT2D eigenvalue weighted by atomic mass is 79.9. The summed E-state index contributed by atoms with van der Waals surface area (Å²) in [6.45, 7) is 3.35. The summed E-state index contributed by atoms with van der Waals surface area (Å²) >= 11 is 2.83. The van der Waals surface area contributed by atoms with Gasteiger partial charge in [0, 0.05) is 5.56 Å². The molecule has 0 aromatic heterocycles. The van der Waals surface area contributed by atoms with Crippen LogP contribution in [0.2, 0.25) is 0 Å². The van der Waals surface area contributed by atoms with E-state index in [9.17, 15) is 18.4 Å². The number of hydrogen-bond acceptors (Lipinski definition) is 3. The van der Waals surface area contributed by atoms with Crippen molar-refractivity contribution in [3.63, 3.8) is 0 Å². The minimum atomic E-state index is -1.15. The Balaban J connectivity index is 3.25. The Morgan fingerprint density at radius 3 is 2.32 bits per heavy atom. The van der Waals surface area contributed by atoms with E-state index in [-0.39, 0.29) is 16.0 Å². The average molecular weight is 335 g/mol. The number of esters is 1. The molecule has 3 nitrogen and oxygen atoms in total. The number of halogens is 3. The summed E-state index contributed by atoms with van der Waals surface area (Å²) in [5.74, 6) is -4.89. The van der Waals surface area contributed by atoms with E-state index in [1.165, 1.54) is 7.11 Å². The van der Waals surface area contributed by atoms with Gasteiger partial charge >= 0.3 is 5.97 Å². The number of hydrogen-bond donors (Lipinski definition) is 0. The molecule has 0 aliphatic heterocycles. The second kappa shape index (κ2) is 6.23. The molecule has 0 bridgehead atoms. The molecule has 1 atom stereocenters. The minimum Gasteiger partial charge on any atom is -0.468 e. The van der Waals surface area contributed by atoms with Gasteiger partial charge in [0.15, 0.2) is 17.4 Å². The lowest BCUT2D eigenvalue weighted by molar-refractivity contribution is -0.144. The van der Waals surface area contributed by atoms with E-state index in [2.05, 4.69) is 20.7 Å². The van der Waals surface area contributed by atoms with Crippen molar-refractivity contribution in [1.82, 2.24) is 0 Å².